The average Bonchev–Trinajstić information content (AvgIpc) is 2.75. The Labute approximate surface area is 147 Å². The van der Waals surface area contributed by atoms with Gasteiger partial charge in [-0.25, -0.2) is 0 Å². The third kappa shape index (κ3) is 3.87. The first kappa shape index (κ1) is 17.1. The summed E-state index contributed by atoms with van der Waals surface area (Å²) in [6.07, 6.45) is 0. The Kier molecular flexibility index (Phi) is 4.83. The number of fused-ring (bicyclic) bond motifs is 1. The molecule has 3 rings (SSSR count). The predicted molar refractivity (Wildman–Crippen MR) is 95.2 cm³/mol. The predicted octanol–water partition coefficient (Wildman–Crippen LogP) is 3.12. The summed E-state index contributed by atoms with van der Waals surface area (Å²) in [7, 11) is 0. The van der Waals surface area contributed by atoms with E-state index < -0.39 is 0 Å². The molecule has 1 aliphatic heterocycles. The fourth-order valence-electron chi connectivity index (χ4n) is 3.19. The van der Waals surface area contributed by atoms with Crippen LogP contribution < -0.4 is 9.47 Å². The van der Waals surface area contributed by atoms with E-state index in [1.165, 1.54) is 5.56 Å². The molecule has 0 aliphatic carbocycles. The highest BCUT2D eigenvalue weighted by Gasteiger charge is 2.21. The number of hydrogen-bond donors (Lipinski definition) is 1. The summed E-state index contributed by atoms with van der Waals surface area (Å²) in [5, 5.41) is 9.56. The molecule has 0 bridgehead atoms. The number of hydrogen-bond acceptors (Lipinski definition) is 4. The monoisotopic (exact) mass is 341 g/mol. The molecule has 2 aromatic rings. The number of carbonyl (C=O) groups is 1. The number of phenolic OH excluding ortho intramolecular Hbond substituents is 1. The van der Waals surface area contributed by atoms with Crippen molar-refractivity contribution in [3.8, 4) is 17.2 Å². The minimum atomic E-state index is -0.0797. The Hall–Kier alpha value is -2.69. The number of aryl methyl sites for hydroxylation is 3. The lowest BCUT2D eigenvalue weighted by molar-refractivity contribution is -0.134. The van der Waals surface area contributed by atoms with Crippen LogP contribution in [-0.2, 0) is 11.3 Å². The summed E-state index contributed by atoms with van der Waals surface area (Å²) in [4.78, 5) is 14.3. The molecule has 1 heterocycles. The number of nitrogens with zero attached hydrogens (tertiary/aromatic N) is 1. The zero-order valence-corrected chi connectivity index (χ0v) is 14.8. The van der Waals surface area contributed by atoms with Crippen LogP contribution in [0.4, 0.5) is 0 Å². The number of ether oxygens (including phenoxy) is 2. The first-order valence-corrected chi connectivity index (χ1v) is 8.37. The summed E-state index contributed by atoms with van der Waals surface area (Å²) in [6, 6.07) is 9.07. The van der Waals surface area contributed by atoms with Crippen LogP contribution in [0.15, 0.2) is 30.3 Å². The first-order chi connectivity index (χ1) is 11.9. The zero-order valence-electron chi connectivity index (χ0n) is 14.8. The van der Waals surface area contributed by atoms with Crippen LogP contribution in [0.5, 0.6) is 17.2 Å². The van der Waals surface area contributed by atoms with E-state index in [1.807, 2.05) is 20.8 Å². The molecule has 2 aromatic carbocycles. The maximum Gasteiger partial charge on any atom is 0.260 e. The third-order valence-electron chi connectivity index (χ3n) is 4.33. The van der Waals surface area contributed by atoms with E-state index in [9.17, 15) is 9.90 Å². The van der Waals surface area contributed by atoms with Gasteiger partial charge in [0.2, 0.25) is 0 Å². The smallest absolute Gasteiger partial charge is 0.260 e. The summed E-state index contributed by atoms with van der Waals surface area (Å²) in [6.45, 7) is 7.35. The second kappa shape index (κ2) is 7.05. The molecular weight excluding hydrogens is 318 g/mol. The van der Waals surface area contributed by atoms with Crippen LogP contribution in [0.1, 0.15) is 22.3 Å². The highest BCUT2D eigenvalue weighted by atomic mass is 16.5. The molecule has 0 aromatic heterocycles. The normalized spacial score (nSPS) is 13.6. The second-order valence-electron chi connectivity index (χ2n) is 6.47. The van der Waals surface area contributed by atoms with Gasteiger partial charge in [-0.1, -0.05) is 17.7 Å². The van der Waals surface area contributed by atoms with Gasteiger partial charge in [0, 0.05) is 18.2 Å². The van der Waals surface area contributed by atoms with Crippen molar-refractivity contribution in [3.05, 3.63) is 52.6 Å². The molecule has 0 fully saturated rings. The molecule has 0 spiro atoms. The van der Waals surface area contributed by atoms with E-state index in [0.29, 0.717) is 25.4 Å². The van der Waals surface area contributed by atoms with Crippen LogP contribution in [0.2, 0.25) is 0 Å². The number of phenols is 1. The summed E-state index contributed by atoms with van der Waals surface area (Å²) < 4.78 is 11.4. The van der Waals surface area contributed by atoms with Gasteiger partial charge in [-0.3, -0.25) is 4.79 Å². The molecule has 1 amide bonds. The number of rotatable bonds is 3. The van der Waals surface area contributed by atoms with Crippen molar-refractivity contribution in [1.82, 2.24) is 4.90 Å². The molecule has 25 heavy (non-hydrogen) atoms. The van der Waals surface area contributed by atoms with Crippen molar-refractivity contribution >= 4 is 5.91 Å². The third-order valence-corrected chi connectivity index (χ3v) is 4.33. The van der Waals surface area contributed by atoms with Crippen LogP contribution in [0, 0.1) is 20.8 Å². The highest BCUT2D eigenvalue weighted by molar-refractivity contribution is 5.78. The number of aromatic hydroxyl groups is 1. The summed E-state index contributed by atoms with van der Waals surface area (Å²) in [5.74, 6) is 1.48. The molecule has 1 aliphatic rings. The van der Waals surface area contributed by atoms with Crippen molar-refractivity contribution < 1.29 is 19.4 Å². The van der Waals surface area contributed by atoms with E-state index in [4.69, 9.17) is 9.47 Å². The molecule has 0 saturated carbocycles. The fraction of sp³-hybridized carbons (Fsp3) is 0.350. The van der Waals surface area contributed by atoms with Gasteiger partial charge < -0.3 is 19.5 Å². The van der Waals surface area contributed by atoms with Gasteiger partial charge >= 0.3 is 0 Å². The Balaban J connectivity index is 1.68. The van der Waals surface area contributed by atoms with Crippen molar-refractivity contribution in [1.29, 1.82) is 0 Å². The van der Waals surface area contributed by atoms with Gasteiger partial charge in [0.15, 0.2) is 6.61 Å². The zero-order chi connectivity index (χ0) is 18.0. The van der Waals surface area contributed by atoms with Crippen LogP contribution in [-0.4, -0.2) is 35.7 Å². The Morgan fingerprint density at radius 2 is 1.92 bits per heavy atom. The van der Waals surface area contributed by atoms with E-state index in [1.54, 1.807) is 23.1 Å². The summed E-state index contributed by atoms with van der Waals surface area (Å²) in [5.41, 5.74) is 4.13. The summed E-state index contributed by atoms with van der Waals surface area (Å²) >= 11 is 0. The van der Waals surface area contributed by atoms with E-state index >= 15 is 0 Å². The number of amides is 1. The van der Waals surface area contributed by atoms with Gasteiger partial charge in [0.1, 0.15) is 23.9 Å². The molecular formula is C20H23NO4. The molecule has 132 valence electrons. The van der Waals surface area contributed by atoms with Crippen LogP contribution in [0.25, 0.3) is 0 Å². The van der Waals surface area contributed by atoms with Gasteiger partial charge in [-0.05, 0) is 44.0 Å². The van der Waals surface area contributed by atoms with Gasteiger partial charge in [0.25, 0.3) is 5.91 Å². The molecule has 0 atom stereocenters. The SMILES string of the molecule is Cc1cc(C)c(OCC(=O)N2CCOc3cc(O)ccc3C2)c(C)c1. The molecule has 1 N–H and O–H groups in total. The number of benzene rings is 2. The fourth-order valence-corrected chi connectivity index (χ4v) is 3.19. The van der Waals surface area contributed by atoms with E-state index in [-0.39, 0.29) is 18.3 Å². The molecule has 0 unspecified atom stereocenters. The van der Waals surface area contributed by atoms with Crippen molar-refractivity contribution in [2.24, 2.45) is 0 Å². The minimum absolute atomic E-state index is 0.00183. The molecule has 5 nitrogen and oxygen atoms in total. The topological polar surface area (TPSA) is 59.0 Å². The molecule has 0 radical (unpaired) electrons. The highest BCUT2D eigenvalue weighted by Crippen LogP contribution is 2.28. The Morgan fingerprint density at radius 3 is 2.64 bits per heavy atom. The quantitative estimate of drug-likeness (QED) is 0.932. The lowest BCUT2D eigenvalue weighted by atomic mass is 10.1. The number of carbonyl (C=O) groups excluding carboxylic acids is 1. The lowest BCUT2D eigenvalue weighted by Gasteiger charge is -2.21. The Bertz CT molecular complexity index is 777. The second-order valence-corrected chi connectivity index (χ2v) is 6.47. The van der Waals surface area contributed by atoms with Crippen LogP contribution in [0.3, 0.4) is 0 Å². The standard InChI is InChI=1S/C20H23NO4/c1-13-8-14(2)20(15(3)9-13)25-12-19(23)21-6-7-24-18-10-17(22)5-4-16(18)11-21/h4-5,8-10,22H,6-7,11-12H2,1-3H3. The minimum Gasteiger partial charge on any atom is -0.508 e. The lowest BCUT2D eigenvalue weighted by Crippen LogP contribution is -2.36. The Morgan fingerprint density at radius 1 is 1.20 bits per heavy atom. The van der Waals surface area contributed by atoms with Gasteiger partial charge in [-0.2, -0.15) is 0 Å². The molecule has 0 saturated heterocycles. The van der Waals surface area contributed by atoms with Crippen molar-refractivity contribution in [3.63, 3.8) is 0 Å². The largest absolute Gasteiger partial charge is 0.508 e. The maximum atomic E-state index is 12.6. The average molecular weight is 341 g/mol. The first-order valence-electron chi connectivity index (χ1n) is 8.37. The van der Waals surface area contributed by atoms with Gasteiger partial charge in [0.05, 0.1) is 6.54 Å². The van der Waals surface area contributed by atoms with Gasteiger partial charge in [-0.15, -0.1) is 0 Å². The maximum absolute atomic E-state index is 12.6. The van der Waals surface area contributed by atoms with Crippen molar-refractivity contribution in [2.45, 2.75) is 27.3 Å². The van der Waals surface area contributed by atoms with Crippen LogP contribution >= 0.6 is 0 Å². The van der Waals surface area contributed by atoms with Crippen molar-refractivity contribution in [2.75, 3.05) is 19.8 Å². The molecule has 5 heteroatoms. The van der Waals surface area contributed by atoms with E-state index in [2.05, 4.69) is 12.1 Å². The van der Waals surface area contributed by atoms with E-state index in [0.717, 1.165) is 22.4 Å².